The molecule has 0 bridgehead atoms. The van der Waals surface area contributed by atoms with E-state index in [1.54, 1.807) is 18.6 Å². The molecule has 194 valence electrons. The zero-order chi connectivity index (χ0) is 26.2. The molecule has 3 N–H and O–H groups in total. The van der Waals surface area contributed by atoms with Crippen LogP contribution in [0.15, 0.2) is 65.0 Å². The molecule has 0 amide bonds. The van der Waals surface area contributed by atoms with Crippen molar-refractivity contribution < 1.29 is 28.3 Å². The quantitative estimate of drug-likeness (QED) is 0.332. The lowest BCUT2D eigenvalue weighted by Crippen LogP contribution is -2.34. The standard InChI is InChI=1S/C27H28FN3O5S/c1-37(2,34)31-19-9-7-17(8-10-19)16-3-5-18(6-4-16)26-20(28)13-21-22(30-26)14-25(29-21)36-24-15-35-23(11-12-32)27(24)33/h3-10,13-14,23-24,27,29,32-33H,11-12,15H2,1-2H3/t23-,24-,27+/m1/s1. The summed E-state index contributed by atoms with van der Waals surface area (Å²) in [4.78, 5) is 7.49. The Hall–Kier alpha value is -3.31. The van der Waals surface area contributed by atoms with E-state index in [9.17, 15) is 13.7 Å². The summed E-state index contributed by atoms with van der Waals surface area (Å²) < 4.78 is 42.4. The van der Waals surface area contributed by atoms with E-state index in [2.05, 4.69) is 14.3 Å². The summed E-state index contributed by atoms with van der Waals surface area (Å²) in [6.07, 6.45) is 1.55. The zero-order valence-corrected chi connectivity index (χ0v) is 21.2. The van der Waals surface area contributed by atoms with Crippen molar-refractivity contribution in [3.05, 3.63) is 66.5 Å². The monoisotopic (exact) mass is 525 g/mol. The highest BCUT2D eigenvalue weighted by atomic mass is 32.2. The first-order chi connectivity index (χ1) is 17.7. The molecular weight excluding hydrogens is 497 g/mol. The Morgan fingerprint density at radius 1 is 1.11 bits per heavy atom. The minimum Gasteiger partial charge on any atom is -0.470 e. The van der Waals surface area contributed by atoms with E-state index in [-0.39, 0.29) is 18.9 Å². The number of hydrogen-bond donors (Lipinski definition) is 3. The second kappa shape index (κ2) is 10.2. The average molecular weight is 526 g/mol. The molecule has 0 aliphatic carbocycles. The number of nitrogens with one attached hydrogen (secondary N) is 1. The van der Waals surface area contributed by atoms with Crippen LogP contribution in [0.4, 0.5) is 10.1 Å². The lowest BCUT2D eigenvalue weighted by atomic mass is 10.0. The average Bonchev–Trinajstić information content (AvgIpc) is 3.41. The predicted octanol–water partition coefficient (Wildman–Crippen LogP) is 4.28. The summed E-state index contributed by atoms with van der Waals surface area (Å²) >= 11 is 0. The molecule has 37 heavy (non-hydrogen) atoms. The van der Waals surface area contributed by atoms with Crippen molar-refractivity contribution >= 4 is 26.4 Å². The van der Waals surface area contributed by atoms with Gasteiger partial charge in [-0.3, -0.25) is 0 Å². The fourth-order valence-corrected chi connectivity index (χ4v) is 4.99. The Morgan fingerprint density at radius 2 is 1.76 bits per heavy atom. The molecule has 0 unspecified atom stereocenters. The van der Waals surface area contributed by atoms with Crippen molar-refractivity contribution in [3.8, 4) is 28.3 Å². The van der Waals surface area contributed by atoms with E-state index >= 15 is 0 Å². The summed E-state index contributed by atoms with van der Waals surface area (Å²) in [5.74, 6) is -0.126. The highest BCUT2D eigenvalue weighted by Crippen LogP contribution is 2.31. The summed E-state index contributed by atoms with van der Waals surface area (Å²) in [5, 5.41) is 19.4. The van der Waals surface area contributed by atoms with Gasteiger partial charge in [0.1, 0.15) is 11.8 Å². The van der Waals surface area contributed by atoms with Crippen molar-refractivity contribution in [3.63, 3.8) is 0 Å². The lowest BCUT2D eigenvalue weighted by molar-refractivity contribution is 0.0152. The highest BCUT2D eigenvalue weighted by Gasteiger charge is 2.37. The number of pyridine rings is 1. The van der Waals surface area contributed by atoms with E-state index in [1.807, 2.05) is 48.5 Å². The third-order valence-corrected chi connectivity index (χ3v) is 6.79. The van der Waals surface area contributed by atoms with Crippen LogP contribution in [0, 0.1) is 5.82 Å². The van der Waals surface area contributed by atoms with Crippen molar-refractivity contribution in [2.24, 2.45) is 4.36 Å². The van der Waals surface area contributed by atoms with Gasteiger partial charge in [0.15, 0.2) is 17.8 Å². The maximum atomic E-state index is 15.0. The van der Waals surface area contributed by atoms with Gasteiger partial charge >= 0.3 is 0 Å². The van der Waals surface area contributed by atoms with Crippen molar-refractivity contribution in [1.29, 1.82) is 0 Å². The van der Waals surface area contributed by atoms with Gasteiger partial charge in [0.25, 0.3) is 0 Å². The molecule has 10 heteroatoms. The molecule has 1 aliphatic rings. The maximum Gasteiger partial charge on any atom is 0.193 e. The van der Waals surface area contributed by atoms with Gasteiger partial charge in [0.2, 0.25) is 0 Å². The molecule has 1 saturated heterocycles. The molecule has 2 aromatic heterocycles. The highest BCUT2D eigenvalue weighted by molar-refractivity contribution is 7.92. The molecule has 2 aromatic carbocycles. The van der Waals surface area contributed by atoms with Crippen LogP contribution in [-0.4, -0.2) is 68.4 Å². The van der Waals surface area contributed by atoms with E-state index in [4.69, 9.17) is 14.6 Å². The predicted molar refractivity (Wildman–Crippen MR) is 141 cm³/mol. The SMILES string of the molecule is CS(C)(=O)=Nc1ccc(-c2ccc(-c3nc4cc(O[C@@H]5CO[C@H](CCO)[C@@H]5O)[nH]c4cc3F)cc2)cc1. The number of aliphatic hydroxyl groups is 2. The minimum atomic E-state index is -2.22. The van der Waals surface area contributed by atoms with Gasteiger partial charge in [0, 0.05) is 46.5 Å². The van der Waals surface area contributed by atoms with Crippen LogP contribution in [-0.2, 0) is 14.5 Å². The topological polar surface area (TPSA) is 117 Å². The van der Waals surface area contributed by atoms with Crippen LogP contribution < -0.4 is 4.74 Å². The second-order valence-corrected chi connectivity index (χ2v) is 11.9. The van der Waals surface area contributed by atoms with Gasteiger partial charge in [-0.1, -0.05) is 36.4 Å². The van der Waals surface area contributed by atoms with Crippen LogP contribution in [0.5, 0.6) is 5.88 Å². The first kappa shape index (κ1) is 25.3. The largest absolute Gasteiger partial charge is 0.470 e. The number of ether oxygens (including phenoxy) is 2. The molecule has 8 nitrogen and oxygen atoms in total. The van der Waals surface area contributed by atoms with Crippen LogP contribution in [0.25, 0.3) is 33.4 Å². The molecule has 1 aliphatic heterocycles. The number of aromatic nitrogens is 2. The minimum absolute atomic E-state index is 0.0852. The number of aliphatic hydroxyl groups excluding tert-OH is 2. The summed E-state index contributed by atoms with van der Waals surface area (Å²) in [5.41, 5.74) is 4.40. The number of halogens is 1. The van der Waals surface area contributed by atoms with Crippen molar-refractivity contribution in [2.45, 2.75) is 24.7 Å². The molecular formula is C27H28FN3O5S. The zero-order valence-electron chi connectivity index (χ0n) is 20.4. The number of aromatic amines is 1. The second-order valence-electron chi connectivity index (χ2n) is 9.31. The first-order valence-corrected chi connectivity index (χ1v) is 14.2. The number of rotatable bonds is 7. The third kappa shape index (κ3) is 5.67. The number of nitrogens with zero attached hydrogens (tertiary/aromatic N) is 2. The lowest BCUT2D eigenvalue weighted by Gasteiger charge is -2.17. The number of hydrogen-bond acceptors (Lipinski definition) is 7. The Labute approximate surface area is 214 Å². The molecule has 1 fully saturated rings. The van der Waals surface area contributed by atoms with E-state index in [1.165, 1.54) is 6.07 Å². The van der Waals surface area contributed by atoms with Gasteiger partial charge in [-0.15, -0.1) is 0 Å². The van der Waals surface area contributed by atoms with E-state index < -0.39 is 33.9 Å². The van der Waals surface area contributed by atoms with E-state index in [0.29, 0.717) is 34.6 Å². The number of H-pyrrole nitrogens is 1. The summed E-state index contributed by atoms with van der Waals surface area (Å²) in [6, 6.07) is 17.9. The molecule has 3 heterocycles. The third-order valence-electron chi connectivity index (χ3n) is 6.14. The molecule has 3 atom stereocenters. The van der Waals surface area contributed by atoms with Crippen LogP contribution >= 0.6 is 0 Å². The van der Waals surface area contributed by atoms with Gasteiger partial charge in [-0.2, -0.15) is 4.36 Å². The van der Waals surface area contributed by atoms with Gasteiger partial charge in [-0.05, 0) is 29.7 Å². The Morgan fingerprint density at radius 3 is 2.41 bits per heavy atom. The molecule has 0 saturated carbocycles. The van der Waals surface area contributed by atoms with Gasteiger partial charge in [-0.25, -0.2) is 13.6 Å². The Kier molecular flexibility index (Phi) is 7.00. The maximum absolute atomic E-state index is 15.0. The van der Waals surface area contributed by atoms with Crippen LogP contribution in [0.1, 0.15) is 6.42 Å². The van der Waals surface area contributed by atoms with Gasteiger partial charge in [0.05, 0.1) is 29.4 Å². The summed E-state index contributed by atoms with van der Waals surface area (Å²) in [6.45, 7) is 0.105. The Balaban J connectivity index is 1.35. The van der Waals surface area contributed by atoms with Crippen molar-refractivity contribution in [1.82, 2.24) is 9.97 Å². The molecule has 0 radical (unpaired) electrons. The molecule has 5 rings (SSSR count). The summed E-state index contributed by atoms with van der Waals surface area (Å²) in [7, 11) is -2.22. The fraction of sp³-hybridized carbons (Fsp3) is 0.296. The number of benzene rings is 2. The van der Waals surface area contributed by atoms with Gasteiger partial charge < -0.3 is 24.7 Å². The first-order valence-electron chi connectivity index (χ1n) is 11.8. The fourth-order valence-electron chi connectivity index (χ4n) is 4.36. The smallest absolute Gasteiger partial charge is 0.193 e. The van der Waals surface area contributed by atoms with E-state index in [0.717, 1.165) is 11.1 Å². The molecule has 4 aromatic rings. The Bertz CT molecular complexity index is 1520. The normalized spacial score (nSPS) is 19.9. The van der Waals surface area contributed by atoms with Crippen molar-refractivity contribution in [2.75, 3.05) is 25.7 Å². The molecule has 0 spiro atoms. The van der Waals surface area contributed by atoms with Crippen LogP contribution in [0.3, 0.4) is 0 Å². The van der Waals surface area contributed by atoms with Crippen LogP contribution in [0.2, 0.25) is 0 Å². The number of fused-ring (bicyclic) bond motifs is 1.